The fourth-order valence-electron chi connectivity index (χ4n) is 0.460. The first-order valence-corrected chi connectivity index (χ1v) is 4.23. The van der Waals surface area contributed by atoms with E-state index in [1.807, 2.05) is 5.96 Å². The summed E-state index contributed by atoms with van der Waals surface area (Å²) in [6.07, 6.45) is 0. The van der Waals surface area contributed by atoms with Crippen LogP contribution in [0, 0.1) is 11.3 Å². The molecule has 0 fully saturated rings. The van der Waals surface area contributed by atoms with Crippen molar-refractivity contribution >= 4 is 30.5 Å². The van der Waals surface area contributed by atoms with Crippen LogP contribution in [0.5, 0.6) is 0 Å². The van der Waals surface area contributed by atoms with Gasteiger partial charge in [-0.05, 0) is 0 Å². The van der Waals surface area contributed by atoms with E-state index in [0.29, 0.717) is 8.58 Å². The van der Waals surface area contributed by atoms with Gasteiger partial charge in [0.15, 0.2) is 6.04 Å². The van der Waals surface area contributed by atoms with Gasteiger partial charge in [0.2, 0.25) is 0 Å². The molecule has 0 spiro atoms. The number of hydrogen-bond acceptors (Lipinski definition) is 2. The molecule has 8 heavy (non-hydrogen) atoms. The molecular weight excluding hydrogens is 187 g/mol. The summed E-state index contributed by atoms with van der Waals surface area (Å²) in [5.41, 5.74) is 0. The van der Waals surface area contributed by atoms with Crippen LogP contribution in [0.1, 0.15) is 0 Å². The highest BCUT2D eigenvalue weighted by Crippen LogP contribution is 2.31. The Morgan fingerprint density at radius 3 is 2.88 bits per heavy atom. The second-order valence-corrected chi connectivity index (χ2v) is 4.47. The zero-order valence-corrected chi connectivity index (χ0v) is 6.59. The maximum atomic E-state index is 8.35. The topological polar surface area (TPSA) is 36.1 Å². The Hall–Kier alpha value is 0.0700. The molecule has 0 saturated carbocycles. The molecular formula is C4H4BrN2P. The lowest BCUT2D eigenvalue weighted by Gasteiger charge is -1.98. The Labute approximate surface area is 57.9 Å². The minimum atomic E-state index is -0.131. The molecule has 0 aliphatic carbocycles. The first-order chi connectivity index (χ1) is 3.84. The van der Waals surface area contributed by atoms with Gasteiger partial charge in [0, 0.05) is 5.96 Å². The summed E-state index contributed by atoms with van der Waals surface area (Å²) in [6.45, 7) is 0. The average molecular weight is 191 g/mol. The molecule has 3 atom stereocenters. The van der Waals surface area contributed by atoms with Crippen molar-refractivity contribution in [3.8, 4) is 6.07 Å². The van der Waals surface area contributed by atoms with Crippen LogP contribution in [0.25, 0.3) is 0 Å². The molecule has 3 unspecified atom stereocenters. The molecule has 0 aromatic carbocycles. The second kappa shape index (κ2) is 2.57. The molecule has 0 radical (unpaired) electrons. The highest BCUT2D eigenvalue weighted by Gasteiger charge is 2.19. The SMILES string of the molecule is N#CC1N=CPC1Br. The van der Waals surface area contributed by atoms with Gasteiger partial charge in [-0.2, -0.15) is 5.26 Å². The summed E-state index contributed by atoms with van der Waals surface area (Å²) in [5, 5.41) is 8.35. The van der Waals surface area contributed by atoms with Gasteiger partial charge in [0.25, 0.3) is 0 Å². The summed E-state index contributed by atoms with van der Waals surface area (Å²) < 4.78 is 0.285. The van der Waals surface area contributed by atoms with Crippen LogP contribution in [0.3, 0.4) is 0 Å². The van der Waals surface area contributed by atoms with Gasteiger partial charge in [0.1, 0.15) is 0 Å². The summed E-state index contributed by atoms with van der Waals surface area (Å²) >= 11 is 3.33. The van der Waals surface area contributed by atoms with Crippen molar-refractivity contribution in [1.82, 2.24) is 0 Å². The van der Waals surface area contributed by atoms with E-state index in [0.717, 1.165) is 0 Å². The van der Waals surface area contributed by atoms with E-state index in [1.54, 1.807) is 0 Å². The van der Waals surface area contributed by atoms with Gasteiger partial charge in [-0.1, -0.05) is 24.5 Å². The largest absolute Gasteiger partial charge is 0.273 e. The third-order valence-corrected chi connectivity index (χ3v) is 3.10. The predicted molar refractivity (Wildman–Crippen MR) is 38.9 cm³/mol. The van der Waals surface area contributed by atoms with Crippen molar-refractivity contribution in [3.63, 3.8) is 0 Å². The number of nitrogens with zero attached hydrogens (tertiary/aromatic N) is 2. The lowest BCUT2D eigenvalue weighted by molar-refractivity contribution is 0.949. The van der Waals surface area contributed by atoms with Crippen LogP contribution in [-0.4, -0.2) is 16.6 Å². The van der Waals surface area contributed by atoms with E-state index in [2.05, 4.69) is 27.0 Å². The van der Waals surface area contributed by atoms with Crippen LogP contribution >= 0.6 is 24.5 Å². The van der Waals surface area contributed by atoms with E-state index in [1.165, 1.54) is 0 Å². The third-order valence-electron chi connectivity index (χ3n) is 0.878. The van der Waals surface area contributed by atoms with Crippen LogP contribution in [0.4, 0.5) is 0 Å². The smallest absolute Gasteiger partial charge is 0.153 e. The molecule has 1 aliphatic rings. The average Bonchev–Trinajstić information content (AvgIpc) is 2.14. The minimum Gasteiger partial charge on any atom is -0.273 e. The second-order valence-electron chi connectivity index (χ2n) is 1.42. The third kappa shape index (κ3) is 1.07. The highest BCUT2D eigenvalue weighted by atomic mass is 79.9. The Balaban J connectivity index is 2.57. The first kappa shape index (κ1) is 6.19. The normalized spacial score (nSPS) is 38.0. The summed E-state index contributed by atoms with van der Waals surface area (Å²) in [6, 6.07) is 1.94. The minimum absolute atomic E-state index is 0.131. The zero-order valence-electron chi connectivity index (χ0n) is 4.00. The number of hydrogen-bond donors (Lipinski definition) is 0. The van der Waals surface area contributed by atoms with Crippen molar-refractivity contribution in [1.29, 1.82) is 5.26 Å². The van der Waals surface area contributed by atoms with Gasteiger partial charge in [-0.15, -0.1) is 0 Å². The Morgan fingerprint density at radius 1 is 1.88 bits per heavy atom. The quantitative estimate of drug-likeness (QED) is 0.420. The monoisotopic (exact) mass is 190 g/mol. The van der Waals surface area contributed by atoms with Gasteiger partial charge in [-0.3, -0.25) is 4.99 Å². The molecule has 1 aliphatic heterocycles. The molecule has 0 aromatic rings. The van der Waals surface area contributed by atoms with Gasteiger partial charge < -0.3 is 0 Å². The van der Waals surface area contributed by atoms with E-state index < -0.39 is 0 Å². The van der Waals surface area contributed by atoms with E-state index in [-0.39, 0.29) is 10.6 Å². The predicted octanol–water partition coefficient (Wildman–Crippen LogP) is 1.32. The maximum absolute atomic E-state index is 8.35. The molecule has 0 bridgehead atoms. The van der Waals surface area contributed by atoms with E-state index >= 15 is 0 Å². The molecule has 2 nitrogen and oxygen atoms in total. The van der Waals surface area contributed by atoms with Crippen LogP contribution in [0.15, 0.2) is 4.99 Å². The number of nitriles is 1. The van der Waals surface area contributed by atoms with Gasteiger partial charge in [0.05, 0.1) is 10.6 Å². The van der Waals surface area contributed by atoms with E-state index in [4.69, 9.17) is 5.26 Å². The molecule has 42 valence electrons. The molecule has 1 heterocycles. The van der Waals surface area contributed by atoms with Crippen LogP contribution in [0.2, 0.25) is 0 Å². The number of aliphatic imine (C=N–C) groups is 1. The fraction of sp³-hybridized carbons (Fsp3) is 0.500. The Bertz CT molecular complexity index is 151. The molecule has 0 aromatic heterocycles. The lowest BCUT2D eigenvalue weighted by atomic mass is 10.4. The van der Waals surface area contributed by atoms with Gasteiger partial charge >= 0.3 is 0 Å². The summed E-state index contributed by atoms with van der Waals surface area (Å²) in [4.78, 5) is 3.91. The number of halogens is 1. The van der Waals surface area contributed by atoms with Crippen LogP contribution in [-0.2, 0) is 0 Å². The van der Waals surface area contributed by atoms with Crippen molar-refractivity contribution < 1.29 is 0 Å². The highest BCUT2D eigenvalue weighted by molar-refractivity contribution is 9.10. The molecule has 4 heteroatoms. The summed E-state index contributed by atoms with van der Waals surface area (Å²) in [5.74, 6) is 1.81. The van der Waals surface area contributed by atoms with Gasteiger partial charge in [-0.25, -0.2) is 0 Å². The molecule has 0 N–H and O–H groups in total. The Morgan fingerprint density at radius 2 is 2.62 bits per heavy atom. The lowest BCUT2D eigenvalue weighted by Crippen LogP contribution is -2.05. The maximum Gasteiger partial charge on any atom is 0.153 e. The van der Waals surface area contributed by atoms with Crippen molar-refractivity contribution in [3.05, 3.63) is 0 Å². The molecule has 0 saturated heterocycles. The zero-order chi connectivity index (χ0) is 5.98. The molecule has 0 amide bonds. The van der Waals surface area contributed by atoms with Crippen molar-refractivity contribution in [2.75, 3.05) is 0 Å². The Kier molecular flexibility index (Phi) is 1.99. The fourth-order valence-corrected chi connectivity index (χ4v) is 1.80. The first-order valence-electron chi connectivity index (χ1n) is 2.16. The molecule has 1 rings (SSSR count). The number of alkyl halides is 1. The standard InChI is InChI=1S/C4H4BrN2P/c5-4-3(1-6)7-2-8-4/h2-4,8H. The summed E-state index contributed by atoms with van der Waals surface area (Å²) in [7, 11) is 0.672. The number of rotatable bonds is 0. The van der Waals surface area contributed by atoms with Crippen LogP contribution < -0.4 is 0 Å². The van der Waals surface area contributed by atoms with E-state index in [9.17, 15) is 0 Å². The van der Waals surface area contributed by atoms with Crippen molar-refractivity contribution in [2.24, 2.45) is 4.99 Å². The van der Waals surface area contributed by atoms with Crippen molar-refractivity contribution in [2.45, 2.75) is 10.6 Å².